The maximum absolute atomic E-state index is 13.1. The summed E-state index contributed by atoms with van der Waals surface area (Å²) < 4.78 is 6.34. The Balaban J connectivity index is 2.09. The molecule has 1 heterocycles. The summed E-state index contributed by atoms with van der Waals surface area (Å²) in [6, 6.07) is 11.5. The Kier molecular flexibility index (Phi) is 8.57. The molecule has 0 unspecified atom stereocenters. The first kappa shape index (κ1) is 25.3. The molecule has 0 spiro atoms. The number of likely N-dealkylation sites (N-methyl/N-ethyl adjacent to an activating group) is 1. The molecular formula is C25H28BrClN2O4. The number of hydrogen-bond acceptors (Lipinski definition) is 5. The highest BCUT2D eigenvalue weighted by molar-refractivity contribution is 9.10. The molecule has 2 aromatic rings. The van der Waals surface area contributed by atoms with E-state index in [0.29, 0.717) is 36.0 Å². The van der Waals surface area contributed by atoms with Crippen LogP contribution in [-0.4, -0.2) is 59.4 Å². The van der Waals surface area contributed by atoms with Crippen molar-refractivity contribution in [1.82, 2.24) is 9.80 Å². The Morgan fingerprint density at radius 2 is 1.79 bits per heavy atom. The molecule has 1 saturated heterocycles. The van der Waals surface area contributed by atoms with Crippen molar-refractivity contribution in [3.05, 3.63) is 68.7 Å². The van der Waals surface area contributed by atoms with Crippen molar-refractivity contribution >= 4 is 45.0 Å². The second kappa shape index (κ2) is 11.2. The molecule has 1 atom stereocenters. The van der Waals surface area contributed by atoms with Gasteiger partial charge in [0.15, 0.2) is 0 Å². The van der Waals surface area contributed by atoms with Crippen molar-refractivity contribution in [3.63, 3.8) is 0 Å². The quantitative estimate of drug-likeness (QED) is 0.269. The van der Waals surface area contributed by atoms with Crippen LogP contribution in [0.5, 0.6) is 5.75 Å². The van der Waals surface area contributed by atoms with Gasteiger partial charge in [0.1, 0.15) is 11.5 Å². The minimum absolute atomic E-state index is 0.0575. The number of ketones is 1. The summed E-state index contributed by atoms with van der Waals surface area (Å²) in [7, 11) is 0. The molecule has 1 aliphatic heterocycles. The zero-order valence-corrected chi connectivity index (χ0v) is 21.3. The van der Waals surface area contributed by atoms with E-state index in [1.165, 1.54) is 0 Å². The van der Waals surface area contributed by atoms with E-state index in [2.05, 4.69) is 34.7 Å². The van der Waals surface area contributed by atoms with Crippen LogP contribution in [0.2, 0.25) is 5.02 Å². The summed E-state index contributed by atoms with van der Waals surface area (Å²) in [5.41, 5.74) is 1.16. The highest BCUT2D eigenvalue weighted by Crippen LogP contribution is 2.40. The van der Waals surface area contributed by atoms with E-state index in [1.807, 2.05) is 31.2 Å². The van der Waals surface area contributed by atoms with Gasteiger partial charge in [-0.25, -0.2) is 0 Å². The maximum Gasteiger partial charge on any atom is 0.295 e. The van der Waals surface area contributed by atoms with Crippen LogP contribution in [0, 0.1) is 0 Å². The van der Waals surface area contributed by atoms with Crippen LogP contribution in [0.25, 0.3) is 5.76 Å². The van der Waals surface area contributed by atoms with Crippen LogP contribution in [0.4, 0.5) is 0 Å². The SMILES string of the molecule is CCOc1ccc(C(O)=C2C(=O)C(=O)N(CCN(CC)CC)[C@H]2c2ccc(Br)cc2)cc1Cl. The molecule has 0 bridgehead atoms. The van der Waals surface area contributed by atoms with Crippen LogP contribution in [0.15, 0.2) is 52.5 Å². The van der Waals surface area contributed by atoms with Crippen molar-refractivity contribution in [2.45, 2.75) is 26.8 Å². The van der Waals surface area contributed by atoms with E-state index in [0.717, 1.165) is 23.1 Å². The fourth-order valence-electron chi connectivity index (χ4n) is 3.97. The molecule has 33 heavy (non-hydrogen) atoms. The standard InChI is InChI=1S/C25H28BrClN2O4/c1-4-28(5-2)13-14-29-22(16-7-10-18(26)11-8-16)21(24(31)25(29)32)23(30)17-9-12-20(33-6-3)19(27)15-17/h7-12,15,22,30H,4-6,13-14H2,1-3H3/t22-/m0/s1. The number of hydrogen-bond donors (Lipinski definition) is 1. The number of Topliss-reactive ketones (excluding diaryl/α,β-unsaturated/α-hetero) is 1. The molecule has 1 N–H and O–H groups in total. The lowest BCUT2D eigenvalue weighted by molar-refractivity contribution is -0.140. The van der Waals surface area contributed by atoms with Crippen LogP contribution in [-0.2, 0) is 9.59 Å². The number of aliphatic hydroxyl groups is 1. The molecule has 2 aromatic carbocycles. The van der Waals surface area contributed by atoms with Crippen molar-refractivity contribution < 1.29 is 19.4 Å². The van der Waals surface area contributed by atoms with Gasteiger partial charge in [-0.1, -0.05) is 53.5 Å². The Morgan fingerprint density at radius 1 is 1.12 bits per heavy atom. The zero-order valence-electron chi connectivity index (χ0n) is 19.0. The molecule has 1 fully saturated rings. The number of amides is 1. The van der Waals surface area contributed by atoms with Gasteiger partial charge in [0.05, 0.1) is 23.2 Å². The number of nitrogens with zero attached hydrogens (tertiary/aromatic N) is 2. The molecule has 8 heteroatoms. The number of ether oxygens (including phenoxy) is 1. The Labute approximate surface area is 207 Å². The van der Waals surface area contributed by atoms with E-state index < -0.39 is 17.7 Å². The number of likely N-dealkylation sites (tertiary alicyclic amines) is 1. The summed E-state index contributed by atoms with van der Waals surface area (Å²) in [4.78, 5) is 29.9. The minimum Gasteiger partial charge on any atom is -0.507 e. The molecule has 0 aliphatic carbocycles. The molecule has 0 saturated carbocycles. The second-order valence-electron chi connectivity index (χ2n) is 7.65. The molecule has 0 aromatic heterocycles. The summed E-state index contributed by atoms with van der Waals surface area (Å²) in [5.74, 6) is -1.09. The van der Waals surface area contributed by atoms with Gasteiger partial charge in [-0.3, -0.25) is 9.59 Å². The Hall–Kier alpha value is -2.35. The first-order valence-corrected chi connectivity index (χ1v) is 12.2. The number of carbonyl (C=O) groups excluding carboxylic acids is 2. The average Bonchev–Trinajstić information content (AvgIpc) is 3.06. The predicted molar refractivity (Wildman–Crippen MR) is 134 cm³/mol. The summed E-state index contributed by atoms with van der Waals surface area (Å²) in [6.07, 6.45) is 0. The number of aliphatic hydroxyl groups excluding tert-OH is 1. The lowest BCUT2D eigenvalue weighted by Crippen LogP contribution is -2.38. The Bertz CT molecular complexity index is 1050. The molecule has 1 aliphatic rings. The van der Waals surface area contributed by atoms with Crippen LogP contribution in [0.3, 0.4) is 0 Å². The fraction of sp³-hybridized carbons (Fsp3) is 0.360. The number of rotatable bonds is 9. The number of benzene rings is 2. The third-order valence-electron chi connectivity index (χ3n) is 5.78. The van der Waals surface area contributed by atoms with Gasteiger partial charge in [0.2, 0.25) is 0 Å². The highest BCUT2D eigenvalue weighted by atomic mass is 79.9. The van der Waals surface area contributed by atoms with E-state index in [-0.39, 0.29) is 11.3 Å². The first-order valence-electron chi connectivity index (χ1n) is 11.0. The van der Waals surface area contributed by atoms with E-state index in [1.54, 1.807) is 23.1 Å². The summed E-state index contributed by atoms with van der Waals surface area (Å²) in [6.45, 7) is 9.09. The molecule has 6 nitrogen and oxygen atoms in total. The highest BCUT2D eigenvalue weighted by Gasteiger charge is 2.46. The van der Waals surface area contributed by atoms with Crippen LogP contribution >= 0.6 is 27.5 Å². The Morgan fingerprint density at radius 3 is 2.36 bits per heavy atom. The summed E-state index contributed by atoms with van der Waals surface area (Å²) in [5, 5.41) is 11.5. The lowest BCUT2D eigenvalue weighted by atomic mass is 9.95. The lowest BCUT2D eigenvalue weighted by Gasteiger charge is -2.28. The van der Waals surface area contributed by atoms with Gasteiger partial charge in [-0.05, 0) is 55.9 Å². The van der Waals surface area contributed by atoms with Crippen LogP contribution in [0.1, 0.15) is 37.9 Å². The maximum atomic E-state index is 13.1. The third kappa shape index (κ3) is 5.42. The topological polar surface area (TPSA) is 70.1 Å². The van der Waals surface area contributed by atoms with Crippen molar-refractivity contribution in [1.29, 1.82) is 0 Å². The largest absolute Gasteiger partial charge is 0.507 e. The van der Waals surface area contributed by atoms with E-state index in [9.17, 15) is 14.7 Å². The monoisotopic (exact) mass is 534 g/mol. The number of carbonyl (C=O) groups is 2. The van der Waals surface area contributed by atoms with Crippen molar-refractivity contribution in [2.24, 2.45) is 0 Å². The molecule has 1 amide bonds. The normalized spacial score (nSPS) is 17.8. The number of halogens is 2. The minimum atomic E-state index is -0.704. The van der Waals surface area contributed by atoms with Crippen LogP contribution < -0.4 is 4.74 Å². The van der Waals surface area contributed by atoms with Gasteiger partial charge in [-0.15, -0.1) is 0 Å². The van der Waals surface area contributed by atoms with Crippen molar-refractivity contribution in [2.75, 3.05) is 32.8 Å². The smallest absolute Gasteiger partial charge is 0.295 e. The summed E-state index contributed by atoms with van der Waals surface area (Å²) >= 11 is 9.74. The zero-order chi connectivity index (χ0) is 24.1. The van der Waals surface area contributed by atoms with Gasteiger partial charge in [-0.2, -0.15) is 0 Å². The second-order valence-corrected chi connectivity index (χ2v) is 8.97. The fourth-order valence-corrected chi connectivity index (χ4v) is 4.47. The van der Waals surface area contributed by atoms with Crippen molar-refractivity contribution in [3.8, 4) is 5.75 Å². The van der Waals surface area contributed by atoms with Gasteiger partial charge in [0.25, 0.3) is 11.7 Å². The first-order chi connectivity index (χ1) is 15.8. The van der Waals surface area contributed by atoms with Gasteiger partial charge >= 0.3 is 0 Å². The molecular weight excluding hydrogens is 508 g/mol. The molecule has 176 valence electrons. The molecule has 3 rings (SSSR count). The van der Waals surface area contributed by atoms with Gasteiger partial charge < -0.3 is 19.6 Å². The van der Waals surface area contributed by atoms with Gasteiger partial charge in [0, 0.05) is 23.1 Å². The van der Waals surface area contributed by atoms with E-state index in [4.69, 9.17) is 16.3 Å². The third-order valence-corrected chi connectivity index (χ3v) is 6.61. The predicted octanol–water partition coefficient (Wildman–Crippen LogP) is 5.26. The molecule has 0 radical (unpaired) electrons. The average molecular weight is 536 g/mol. The van der Waals surface area contributed by atoms with E-state index >= 15 is 0 Å².